The van der Waals surface area contributed by atoms with Gasteiger partial charge in [0.05, 0.1) is 17.0 Å². The number of primary amides is 1. The number of fused-ring (bicyclic) bond motifs is 5. The highest BCUT2D eigenvalue weighted by Crippen LogP contribution is 2.57. The van der Waals surface area contributed by atoms with Crippen LogP contribution in [-0.4, -0.2) is 22.2 Å². The molecule has 27 heavy (non-hydrogen) atoms. The van der Waals surface area contributed by atoms with Crippen molar-refractivity contribution in [2.45, 2.75) is 56.7 Å². The summed E-state index contributed by atoms with van der Waals surface area (Å²) in [6.07, 6.45) is 2.94. The van der Waals surface area contributed by atoms with Crippen LogP contribution in [0.4, 0.5) is 8.78 Å². The molecule has 2 aliphatic rings. The van der Waals surface area contributed by atoms with Crippen LogP contribution in [-0.2, 0) is 15.1 Å². The predicted molar refractivity (Wildman–Crippen MR) is 94.6 cm³/mol. The van der Waals surface area contributed by atoms with Crippen molar-refractivity contribution in [1.29, 1.82) is 0 Å². The van der Waals surface area contributed by atoms with Crippen molar-refractivity contribution in [3.63, 3.8) is 0 Å². The molecule has 2 aromatic rings. The maximum Gasteiger partial charge on any atom is 0.246 e. The molecule has 5 nitrogen and oxygen atoms in total. The van der Waals surface area contributed by atoms with E-state index < -0.39 is 29.2 Å². The Morgan fingerprint density at radius 1 is 1.37 bits per heavy atom. The Morgan fingerprint density at radius 3 is 2.78 bits per heavy atom. The molecular weight excluding hydrogens is 352 g/mol. The fourth-order valence-electron chi connectivity index (χ4n) is 4.38. The standard InChI is InChI=1S/C20H21F2N3O2/c1-2-4-16(19(23)26)27-20-8-7-11(10-20)12-9-15(24-25-18(12)20)17-13(21)5-3-6-14(17)22/h3,5-6,9,11,16H,2,4,7-8,10H2,1H3,(H2,23,26)/t11-,16+,20-/m1/s1. The van der Waals surface area contributed by atoms with Gasteiger partial charge in [0.2, 0.25) is 5.91 Å². The second kappa shape index (κ2) is 6.64. The Hall–Kier alpha value is -2.41. The van der Waals surface area contributed by atoms with Gasteiger partial charge in [-0.2, -0.15) is 5.10 Å². The van der Waals surface area contributed by atoms with Crippen LogP contribution in [0.5, 0.6) is 0 Å². The minimum Gasteiger partial charge on any atom is -0.367 e. The Labute approximate surface area is 155 Å². The molecule has 1 saturated carbocycles. The van der Waals surface area contributed by atoms with Crippen LogP contribution in [0.3, 0.4) is 0 Å². The highest BCUT2D eigenvalue weighted by molar-refractivity contribution is 5.78. The number of halogens is 2. The molecule has 7 heteroatoms. The third-order valence-corrected chi connectivity index (χ3v) is 5.62. The first-order valence-electron chi connectivity index (χ1n) is 9.25. The zero-order valence-electron chi connectivity index (χ0n) is 15.0. The number of nitrogens with two attached hydrogens (primary N) is 1. The average Bonchev–Trinajstić information content (AvgIpc) is 3.18. The predicted octanol–water partition coefficient (Wildman–Crippen LogP) is 3.57. The van der Waals surface area contributed by atoms with Gasteiger partial charge < -0.3 is 10.5 Å². The Kier molecular flexibility index (Phi) is 4.42. The van der Waals surface area contributed by atoms with Gasteiger partial charge in [-0.1, -0.05) is 19.4 Å². The monoisotopic (exact) mass is 373 g/mol. The summed E-state index contributed by atoms with van der Waals surface area (Å²) in [6.45, 7) is 1.96. The van der Waals surface area contributed by atoms with E-state index in [0.717, 1.165) is 24.8 Å². The number of carbonyl (C=O) groups excluding carboxylic acids is 1. The van der Waals surface area contributed by atoms with Gasteiger partial charge in [-0.3, -0.25) is 4.79 Å². The molecule has 0 unspecified atom stereocenters. The van der Waals surface area contributed by atoms with Crippen LogP contribution < -0.4 is 5.73 Å². The maximum absolute atomic E-state index is 14.1. The van der Waals surface area contributed by atoms with Crippen LogP contribution in [0.2, 0.25) is 0 Å². The largest absolute Gasteiger partial charge is 0.367 e. The highest BCUT2D eigenvalue weighted by atomic mass is 19.1. The molecule has 1 aromatic heterocycles. The van der Waals surface area contributed by atoms with Crippen molar-refractivity contribution >= 4 is 5.91 Å². The van der Waals surface area contributed by atoms with Crippen LogP contribution in [0.15, 0.2) is 24.3 Å². The molecule has 1 amide bonds. The van der Waals surface area contributed by atoms with Gasteiger partial charge in [0.25, 0.3) is 0 Å². The van der Waals surface area contributed by atoms with E-state index in [-0.39, 0.29) is 17.2 Å². The van der Waals surface area contributed by atoms with E-state index >= 15 is 0 Å². The Bertz CT molecular complexity index is 885. The molecule has 142 valence electrons. The lowest BCUT2D eigenvalue weighted by Crippen LogP contribution is -2.39. The summed E-state index contributed by atoms with van der Waals surface area (Å²) in [5.74, 6) is -1.65. The van der Waals surface area contributed by atoms with Gasteiger partial charge in [0, 0.05) is 0 Å². The van der Waals surface area contributed by atoms with Crippen molar-refractivity contribution in [3.8, 4) is 11.3 Å². The molecule has 1 heterocycles. The summed E-state index contributed by atoms with van der Waals surface area (Å²) in [4.78, 5) is 11.8. The topological polar surface area (TPSA) is 78.1 Å². The molecule has 4 rings (SSSR count). The molecule has 3 atom stereocenters. The minimum atomic E-state index is -0.686. The van der Waals surface area contributed by atoms with Crippen molar-refractivity contribution in [1.82, 2.24) is 10.2 Å². The zero-order valence-corrected chi connectivity index (χ0v) is 15.0. The van der Waals surface area contributed by atoms with E-state index in [1.54, 1.807) is 6.07 Å². The first-order chi connectivity index (χ1) is 12.9. The van der Waals surface area contributed by atoms with Gasteiger partial charge in [0.15, 0.2) is 0 Å². The van der Waals surface area contributed by atoms with Gasteiger partial charge in [-0.25, -0.2) is 8.78 Å². The number of aromatic nitrogens is 2. The van der Waals surface area contributed by atoms with E-state index in [1.165, 1.54) is 18.2 Å². The zero-order chi connectivity index (χ0) is 19.2. The number of carbonyl (C=O) groups is 1. The van der Waals surface area contributed by atoms with Crippen molar-refractivity contribution in [3.05, 3.63) is 47.2 Å². The molecule has 0 saturated heterocycles. The lowest BCUT2D eigenvalue weighted by molar-refractivity contribution is -0.147. The number of nitrogens with zero attached hydrogens (tertiary/aromatic N) is 2. The summed E-state index contributed by atoms with van der Waals surface area (Å²) >= 11 is 0. The number of hydrogen-bond donors (Lipinski definition) is 1. The second-order valence-electron chi connectivity index (χ2n) is 7.36. The minimum absolute atomic E-state index is 0.173. The summed E-state index contributed by atoms with van der Waals surface area (Å²) in [5, 5.41) is 8.36. The quantitative estimate of drug-likeness (QED) is 0.840. The first kappa shape index (κ1) is 18.0. The van der Waals surface area contributed by atoms with Gasteiger partial charge in [-0.15, -0.1) is 5.10 Å². The lowest BCUT2D eigenvalue weighted by atomic mass is 9.92. The third-order valence-electron chi connectivity index (χ3n) is 5.62. The molecule has 1 fully saturated rings. The van der Waals surface area contributed by atoms with E-state index in [4.69, 9.17) is 10.5 Å². The normalized spacial score (nSPS) is 24.0. The Balaban J connectivity index is 1.72. The molecular formula is C20H21F2N3O2. The van der Waals surface area contributed by atoms with Gasteiger partial charge >= 0.3 is 0 Å². The number of ether oxygens (including phenoxy) is 1. The number of benzene rings is 1. The molecule has 2 N–H and O–H groups in total. The van der Waals surface area contributed by atoms with Crippen molar-refractivity contribution < 1.29 is 18.3 Å². The smallest absolute Gasteiger partial charge is 0.246 e. The molecule has 0 spiro atoms. The van der Waals surface area contributed by atoms with Crippen LogP contribution in [0, 0.1) is 11.6 Å². The number of rotatable bonds is 6. The molecule has 2 bridgehead atoms. The van der Waals surface area contributed by atoms with Crippen LogP contribution in [0.25, 0.3) is 11.3 Å². The highest BCUT2D eigenvalue weighted by Gasteiger charge is 2.53. The SMILES string of the molecule is CCC[C@H](O[C@]12CC[C@H](C1)c1cc(-c3c(F)cccc3F)nnc12)C(N)=O. The summed E-state index contributed by atoms with van der Waals surface area (Å²) in [6, 6.07) is 5.42. The summed E-state index contributed by atoms with van der Waals surface area (Å²) in [5.41, 5.74) is 6.38. The molecule has 1 aromatic carbocycles. The van der Waals surface area contributed by atoms with E-state index in [9.17, 15) is 13.6 Å². The number of hydrogen-bond acceptors (Lipinski definition) is 4. The first-order valence-corrected chi connectivity index (χ1v) is 9.25. The maximum atomic E-state index is 14.1. The van der Waals surface area contributed by atoms with E-state index in [1.807, 2.05) is 6.92 Å². The molecule has 0 radical (unpaired) electrons. The summed E-state index contributed by atoms with van der Waals surface area (Å²) < 4.78 is 34.4. The fourth-order valence-corrected chi connectivity index (χ4v) is 4.38. The van der Waals surface area contributed by atoms with E-state index in [2.05, 4.69) is 10.2 Å². The van der Waals surface area contributed by atoms with Gasteiger partial charge in [0.1, 0.15) is 23.3 Å². The van der Waals surface area contributed by atoms with Crippen molar-refractivity contribution in [2.75, 3.05) is 0 Å². The Morgan fingerprint density at radius 2 is 2.11 bits per heavy atom. The third kappa shape index (κ3) is 2.90. The van der Waals surface area contributed by atoms with Crippen molar-refractivity contribution in [2.24, 2.45) is 5.73 Å². The van der Waals surface area contributed by atoms with Crippen LogP contribution in [0.1, 0.15) is 56.2 Å². The van der Waals surface area contributed by atoms with Crippen LogP contribution >= 0.6 is 0 Å². The van der Waals surface area contributed by atoms with E-state index in [0.29, 0.717) is 18.5 Å². The fraction of sp³-hybridized carbons (Fsp3) is 0.450. The average molecular weight is 373 g/mol. The second-order valence-corrected chi connectivity index (χ2v) is 7.36. The van der Waals surface area contributed by atoms with Gasteiger partial charge in [-0.05, 0) is 55.4 Å². The molecule has 0 aliphatic heterocycles. The summed E-state index contributed by atoms with van der Waals surface area (Å²) in [7, 11) is 0. The molecule has 2 aliphatic carbocycles. The lowest BCUT2D eigenvalue weighted by Gasteiger charge is -2.31. The number of amides is 1.